The Morgan fingerprint density at radius 3 is 2.52 bits per heavy atom. The van der Waals surface area contributed by atoms with Crippen molar-refractivity contribution in [1.29, 1.82) is 0 Å². The smallest absolute Gasteiger partial charge is 0.240 e. The molecule has 2 amide bonds. The van der Waals surface area contributed by atoms with E-state index in [1.54, 1.807) is 0 Å². The Morgan fingerprint density at radius 1 is 1.11 bits per heavy atom. The Morgan fingerprint density at radius 2 is 1.85 bits per heavy atom. The predicted molar refractivity (Wildman–Crippen MR) is 105 cm³/mol. The van der Waals surface area contributed by atoms with Crippen LogP contribution in [0.3, 0.4) is 0 Å². The Bertz CT molecular complexity index is 697. The second-order valence-electron chi connectivity index (χ2n) is 8.26. The van der Waals surface area contributed by atoms with Crippen molar-refractivity contribution in [3.63, 3.8) is 0 Å². The summed E-state index contributed by atoms with van der Waals surface area (Å²) in [6.45, 7) is 7.40. The Kier molecular flexibility index (Phi) is 5.48. The van der Waals surface area contributed by atoms with Gasteiger partial charge in [0, 0.05) is 39.1 Å². The first kappa shape index (κ1) is 18.5. The highest BCUT2D eigenvalue weighted by Crippen LogP contribution is 2.27. The first-order valence-electron chi connectivity index (χ1n) is 10.5. The number of hydrogen-bond donors (Lipinski definition) is 0. The Balaban J connectivity index is 1.35. The van der Waals surface area contributed by atoms with Gasteiger partial charge in [0.25, 0.3) is 0 Å². The van der Waals surface area contributed by atoms with Crippen molar-refractivity contribution in [3.05, 3.63) is 35.4 Å². The molecule has 5 nitrogen and oxygen atoms in total. The van der Waals surface area contributed by atoms with Crippen LogP contribution in [0, 0.1) is 5.92 Å². The van der Waals surface area contributed by atoms with Crippen molar-refractivity contribution in [1.82, 2.24) is 14.7 Å². The fourth-order valence-electron chi connectivity index (χ4n) is 4.91. The molecule has 146 valence electrons. The summed E-state index contributed by atoms with van der Waals surface area (Å²) >= 11 is 0. The van der Waals surface area contributed by atoms with Crippen molar-refractivity contribution in [2.75, 3.05) is 32.7 Å². The minimum Gasteiger partial charge on any atom is -0.342 e. The SMILES string of the molecule is CCN1Cc2ccccc2C[C@H]1C(=O)N1CCC(CN2CCCC2=O)CC1. The van der Waals surface area contributed by atoms with E-state index in [9.17, 15) is 9.59 Å². The summed E-state index contributed by atoms with van der Waals surface area (Å²) in [6, 6.07) is 8.49. The van der Waals surface area contributed by atoms with Gasteiger partial charge in [-0.3, -0.25) is 14.5 Å². The number of benzene rings is 1. The lowest BCUT2D eigenvalue weighted by Crippen LogP contribution is -2.53. The van der Waals surface area contributed by atoms with Crippen molar-refractivity contribution in [3.8, 4) is 0 Å². The summed E-state index contributed by atoms with van der Waals surface area (Å²) < 4.78 is 0. The molecule has 2 fully saturated rings. The number of carbonyl (C=O) groups excluding carboxylic acids is 2. The normalized spacial score (nSPS) is 24.3. The molecule has 0 aromatic heterocycles. The molecule has 1 aromatic rings. The zero-order chi connectivity index (χ0) is 18.8. The molecule has 27 heavy (non-hydrogen) atoms. The van der Waals surface area contributed by atoms with Gasteiger partial charge in [0.15, 0.2) is 0 Å². The number of fused-ring (bicyclic) bond motifs is 1. The quantitative estimate of drug-likeness (QED) is 0.818. The van der Waals surface area contributed by atoms with E-state index in [0.717, 1.165) is 65.0 Å². The molecule has 3 heterocycles. The molecule has 0 saturated carbocycles. The van der Waals surface area contributed by atoms with Crippen LogP contribution in [-0.2, 0) is 22.6 Å². The number of likely N-dealkylation sites (N-methyl/N-ethyl adjacent to an activating group) is 1. The first-order chi connectivity index (χ1) is 13.2. The number of carbonyl (C=O) groups is 2. The molecule has 4 rings (SSSR count). The zero-order valence-corrected chi connectivity index (χ0v) is 16.4. The van der Waals surface area contributed by atoms with Gasteiger partial charge in [-0.1, -0.05) is 31.2 Å². The fraction of sp³-hybridized carbons (Fsp3) is 0.636. The van der Waals surface area contributed by atoms with Crippen molar-refractivity contribution in [2.45, 2.75) is 51.6 Å². The molecule has 0 aliphatic carbocycles. The van der Waals surface area contributed by atoms with Gasteiger partial charge in [-0.15, -0.1) is 0 Å². The third-order valence-corrected chi connectivity index (χ3v) is 6.61. The number of piperidine rings is 1. The molecular weight excluding hydrogens is 338 g/mol. The van der Waals surface area contributed by atoms with Crippen LogP contribution in [0.2, 0.25) is 0 Å². The van der Waals surface area contributed by atoms with Gasteiger partial charge >= 0.3 is 0 Å². The highest BCUT2D eigenvalue weighted by Gasteiger charge is 2.35. The van der Waals surface area contributed by atoms with E-state index >= 15 is 0 Å². The van der Waals surface area contributed by atoms with E-state index < -0.39 is 0 Å². The van der Waals surface area contributed by atoms with Crippen LogP contribution in [0.4, 0.5) is 0 Å². The van der Waals surface area contributed by atoms with Crippen molar-refractivity contribution in [2.24, 2.45) is 5.92 Å². The minimum absolute atomic E-state index is 0.0263. The number of likely N-dealkylation sites (tertiary alicyclic amines) is 2. The third-order valence-electron chi connectivity index (χ3n) is 6.61. The van der Waals surface area contributed by atoms with E-state index in [1.165, 1.54) is 11.1 Å². The van der Waals surface area contributed by atoms with E-state index in [-0.39, 0.29) is 6.04 Å². The lowest BCUT2D eigenvalue weighted by molar-refractivity contribution is -0.139. The highest BCUT2D eigenvalue weighted by atomic mass is 16.2. The third kappa shape index (κ3) is 3.88. The maximum atomic E-state index is 13.3. The predicted octanol–water partition coefficient (Wildman–Crippen LogP) is 2.29. The van der Waals surface area contributed by atoms with Gasteiger partial charge in [0.1, 0.15) is 0 Å². The van der Waals surface area contributed by atoms with Crippen LogP contribution in [-0.4, -0.2) is 65.3 Å². The molecule has 0 spiro atoms. The number of nitrogens with zero attached hydrogens (tertiary/aromatic N) is 3. The molecule has 0 unspecified atom stereocenters. The first-order valence-corrected chi connectivity index (χ1v) is 10.5. The minimum atomic E-state index is -0.0263. The fourth-order valence-corrected chi connectivity index (χ4v) is 4.91. The Labute approximate surface area is 162 Å². The molecule has 0 radical (unpaired) electrons. The zero-order valence-electron chi connectivity index (χ0n) is 16.4. The van der Waals surface area contributed by atoms with Crippen molar-refractivity contribution < 1.29 is 9.59 Å². The summed E-state index contributed by atoms with van der Waals surface area (Å²) in [5.41, 5.74) is 2.68. The maximum Gasteiger partial charge on any atom is 0.240 e. The van der Waals surface area contributed by atoms with Crippen molar-refractivity contribution >= 4 is 11.8 Å². The van der Waals surface area contributed by atoms with Gasteiger partial charge in [0.2, 0.25) is 11.8 Å². The molecule has 3 aliphatic rings. The van der Waals surface area contributed by atoms with Gasteiger partial charge in [0.05, 0.1) is 6.04 Å². The number of hydrogen-bond acceptors (Lipinski definition) is 3. The second kappa shape index (κ2) is 8.01. The molecule has 2 saturated heterocycles. The summed E-state index contributed by atoms with van der Waals surface area (Å²) in [4.78, 5) is 31.5. The average molecular weight is 370 g/mol. The standard InChI is InChI=1S/C22H31N3O2/c1-2-23-16-19-7-4-3-6-18(19)14-20(23)22(27)24-12-9-17(10-13-24)15-25-11-5-8-21(25)26/h3-4,6-7,17,20H,2,5,8-16H2,1H3/t20-/m0/s1. The molecule has 3 aliphatic heterocycles. The number of amides is 2. The summed E-state index contributed by atoms with van der Waals surface area (Å²) in [5, 5.41) is 0. The van der Waals surface area contributed by atoms with Gasteiger partial charge in [-0.05, 0) is 49.3 Å². The molecular formula is C22H31N3O2. The van der Waals surface area contributed by atoms with Gasteiger partial charge in [-0.25, -0.2) is 0 Å². The van der Waals surface area contributed by atoms with E-state index in [4.69, 9.17) is 0 Å². The summed E-state index contributed by atoms with van der Waals surface area (Å²) in [7, 11) is 0. The topological polar surface area (TPSA) is 43.9 Å². The second-order valence-corrected chi connectivity index (χ2v) is 8.26. The van der Waals surface area contributed by atoms with E-state index in [2.05, 4.69) is 41.0 Å². The highest BCUT2D eigenvalue weighted by molar-refractivity contribution is 5.82. The molecule has 5 heteroatoms. The summed E-state index contributed by atoms with van der Waals surface area (Å²) in [6.07, 6.45) is 4.58. The summed E-state index contributed by atoms with van der Waals surface area (Å²) in [5.74, 6) is 1.15. The van der Waals surface area contributed by atoms with Gasteiger partial charge < -0.3 is 9.80 Å². The van der Waals surface area contributed by atoms with E-state index in [0.29, 0.717) is 24.2 Å². The Hall–Kier alpha value is -1.88. The van der Waals surface area contributed by atoms with Crippen LogP contribution in [0.25, 0.3) is 0 Å². The molecule has 0 bridgehead atoms. The largest absolute Gasteiger partial charge is 0.342 e. The number of rotatable bonds is 4. The van der Waals surface area contributed by atoms with Crippen LogP contribution in [0.5, 0.6) is 0 Å². The lowest BCUT2D eigenvalue weighted by atomic mass is 9.91. The van der Waals surface area contributed by atoms with Gasteiger partial charge in [-0.2, -0.15) is 0 Å². The van der Waals surface area contributed by atoms with Crippen LogP contribution >= 0.6 is 0 Å². The molecule has 1 atom stereocenters. The van der Waals surface area contributed by atoms with Crippen LogP contribution < -0.4 is 0 Å². The van der Waals surface area contributed by atoms with Crippen LogP contribution in [0.1, 0.15) is 43.7 Å². The van der Waals surface area contributed by atoms with E-state index in [1.807, 2.05) is 4.90 Å². The lowest BCUT2D eigenvalue weighted by Gasteiger charge is -2.40. The average Bonchev–Trinajstić information content (AvgIpc) is 3.11. The monoisotopic (exact) mass is 369 g/mol. The molecule has 0 N–H and O–H groups in total. The maximum absolute atomic E-state index is 13.3. The van der Waals surface area contributed by atoms with Crippen LogP contribution in [0.15, 0.2) is 24.3 Å². The molecule has 1 aromatic carbocycles.